The lowest BCUT2D eigenvalue weighted by atomic mass is 10.0. The van der Waals surface area contributed by atoms with E-state index in [9.17, 15) is 19.4 Å². The van der Waals surface area contributed by atoms with Crippen LogP contribution in [0.3, 0.4) is 0 Å². The zero-order chi connectivity index (χ0) is 46.4. The first-order valence-corrected chi connectivity index (χ1v) is 28.4. The molecule has 0 aromatic heterocycles. The Morgan fingerprint density at radius 3 is 1.27 bits per heavy atom. The molecule has 372 valence electrons. The van der Waals surface area contributed by atoms with Gasteiger partial charge in [-0.25, -0.2) is 4.57 Å². The van der Waals surface area contributed by atoms with Crippen LogP contribution in [0.2, 0.25) is 0 Å². The maximum atomic E-state index is 12.9. The van der Waals surface area contributed by atoms with Crippen molar-refractivity contribution in [1.29, 1.82) is 0 Å². The zero-order valence-corrected chi connectivity index (χ0v) is 43.2. The molecule has 0 aliphatic rings. The van der Waals surface area contributed by atoms with Gasteiger partial charge in [-0.15, -0.1) is 0 Å². The number of aliphatic hydroxyl groups excluding tert-OH is 1. The standard InChI is InChI=1S/C54H105N2O6P/c1-6-8-10-12-14-16-18-20-22-24-26-27-28-29-30-31-33-35-37-39-41-43-45-47-53(57)52(51-62-63(59,60)61-50-49-56(3,4)5)55-54(58)48-46-44-42-40-38-36-34-32-25-23-21-19-17-15-13-11-9-7-2/h23,25,37,39,45,47,52-53,57H,6-22,24,26-36,38,40-44,46,48-51H2,1-5H3,(H-,55,58,59,60)/p+1/b25-23-,39-37+,47-45+. The molecule has 3 unspecified atom stereocenters. The number of amides is 1. The second kappa shape index (κ2) is 45.9. The summed E-state index contributed by atoms with van der Waals surface area (Å²) in [5.41, 5.74) is 0. The van der Waals surface area contributed by atoms with E-state index in [1.54, 1.807) is 6.08 Å². The first kappa shape index (κ1) is 61.7. The summed E-state index contributed by atoms with van der Waals surface area (Å²) in [7, 11) is 1.56. The summed E-state index contributed by atoms with van der Waals surface area (Å²) < 4.78 is 23.6. The number of aliphatic hydroxyl groups is 1. The topological polar surface area (TPSA) is 105 Å². The molecule has 3 atom stereocenters. The Morgan fingerprint density at radius 1 is 0.524 bits per heavy atom. The molecule has 0 aromatic rings. The molecule has 9 heteroatoms. The van der Waals surface area contributed by atoms with Gasteiger partial charge in [0.25, 0.3) is 0 Å². The molecule has 0 aromatic carbocycles. The van der Waals surface area contributed by atoms with E-state index in [1.165, 1.54) is 193 Å². The predicted molar refractivity (Wildman–Crippen MR) is 272 cm³/mol. The van der Waals surface area contributed by atoms with Crippen LogP contribution in [0.4, 0.5) is 0 Å². The third-order valence-electron chi connectivity index (χ3n) is 12.1. The van der Waals surface area contributed by atoms with E-state index in [2.05, 4.69) is 43.5 Å². The number of hydrogen-bond acceptors (Lipinski definition) is 5. The minimum Gasteiger partial charge on any atom is -0.387 e. The summed E-state index contributed by atoms with van der Waals surface area (Å²) in [6, 6.07) is -0.865. The Kier molecular flexibility index (Phi) is 44.9. The molecule has 0 aliphatic carbocycles. The van der Waals surface area contributed by atoms with E-state index in [1.807, 2.05) is 27.2 Å². The average molecular weight is 910 g/mol. The number of phosphoric acid groups is 1. The van der Waals surface area contributed by atoms with Crippen LogP contribution in [-0.4, -0.2) is 73.4 Å². The highest BCUT2D eigenvalue weighted by Crippen LogP contribution is 2.43. The summed E-state index contributed by atoms with van der Waals surface area (Å²) >= 11 is 0. The van der Waals surface area contributed by atoms with E-state index in [0.29, 0.717) is 17.4 Å². The van der Waals surface area contributed by atoms with E-state index in [-0.39, 0.29) is 19.1 Å². The fraction of sp³-hybridized carbons (Fsp3) is 0.870. The van der Waals surface area contributed by atoms with Crippen molar-refractivity contribution in [3.05, 3.63) is 36.5 Å². The summed E-state index contributed by atoms with van der Waals surface area (Å²) in [6.07, 6.45) is 58.1. The maximum Gasteiger partial charge on any atom is 0.472 e. The van der Waals surface area contributed by atoms with Gasteiger partial charge in [0.1, 0.15) is 13.2 Å². The van der Waals surface area contributed by atoms with Crippen LogP contribution in [-0.2, 0) is 18.4 Å². The number of rotatable bonds is 49. The number of phosphoric ester groups is 1. The molecule has 0 spiro atoms. The van der Waals surface area contributed by atoms with Crippen molar-refractivity contribution in [1.82, 2.24) is 5.32 Å². The summed E-state index contributed by atoms with van der Waals surface area (Å²) in [5, 5.41) is 13.9. The zero-order valence-electron chi connectivity index (χ0n) is 42.3. The van der Waals surface area contributed by atoms with Crippen LogP contribution in [0.5, 0.6) is 0 Å². The Balaban J connectivity index is 4.32. The van der Waals surface area contributed by atoms with Crippen molar-refractivity contribution in [3.8, 4) is 0 Å². The van der Waals surface area contributed by atoms with Crippen LogP contribution < -0.4 is 5.32 Å². The lowest BCUT2D eigenvalue weighted by molar-refractivity contribution is -0.870. The summed E-state index contributed by atoms with van der Waals surface area (Å²) in [5.74, 6) is -0.190. The molecule has 8 nitrogen and oxygen atoms in total. The Bertz CT molecular complexity index is 1120. The smallest absolute Gasteiger partial charge is 0.387 e. The van der Waals surface area contributed by atoms with E-state index >= 15 is 0 Å². The minimum absolute atomic E-state index is 0.0557. The first-order chi connectivity index (χ1) is 30.5. The fourth-order valence-corrected chi connectivity index (χ4v) is 8.55. The van der Waals surface area contributed by atoms with E-state index in [4.69, 9.17) is 9.05 Å². The lowest BCUT2D eigenvalue weighted by Gasteiger charge is -2.25. The number of likely N-dealkylation sites (N-methyl/N-ethyl adjacent to an activating group) is 1. The van der Waals surface area contributed by atoms with Gasteiger partial charge in [0, 0.05) is 6.42 Å². The Morgan fingerprint density at radius 2 is 0.873 bits per heavy atom. The second-order valence-corrected chi connectivity index (χ2v) is 21.0. The molecule has 1 amide bonds. The van der Waals surface area contributed by atoms with Crippen LogP contribution in [0.1, 0.15) is 251 Å². The maximum absolute atomic E-state index is 12.9. The fourth-order valence-electron chi connectivity index (χ4n) is 7.82. The van der Waals surface area contributed by atoms with Crippen molar-refractivity contribution >= 4 is 13.7 Å². The number of hydrogen-bond donors (Lipinski definition) is 3. The molecular weight excluding hydrogens is 804 g/mol. The SMILES string of the molecule is CCCCCCCCC/C=C\CCCCCCCCCC(=O)NC(COP(=O)(O)OCC[N+](C)(C)C)C(O)/C=C/CC/C=C/CCCCCCCCCCCCCCCCCCC. The van der Waals surface area contributed by atoms with Gasteiger partial charge in [0.15, 0.2) is 0 Å². The molecule has 0 bridgehead atoms. The monoisotopic (exact) mass is 910 g/mol. The molecular formula is C54H106N2O6P+. The molecule has 0 saturated carbocycles. The highest BCUT2D eigenvalue weighted by atomic mass is 31.2. The quantitative estimate of drug-likeness (QED) is 0.0243. The molecule has 0 heterocycles. The number of quaternary nitrogens is 1. The van der Waals surface area contributed by atoms with E-state index in [0.717, 1.165) is 38.5 Å². The number of nitrogens with one attached hydrogen (secondary N) is 1. The molecule has 3 N–H and O–H groups in total. The van der Waals surface area contributed by atoms with Gasteiger partial charge in [0.05, 0.1) is 39.9 Å². The van der Waals surface area contributed by atoms with Crippen molar-refractivity contribution in [2.24, 2.45) is 0 Å². The molecule has 0 saturated heterocycles. The van der Waals surface area contributed by atoms with Crippen molar-refractivity contribution in [2.75, 3.05) is 40.9 Å². The van der Waals surface area contributed by atoms with Crippen molar-refractivity contribution < 1.29 is 32.9 Å². The molecule has 0 radical (unpaired) electrons. The van der Waals surface area contributed by atoms with Crippen LogP contribution in [0, 0.1) is 0 Å². The van der Waals surface area contributed by atoms with E-state index < -0.39 is 20.0 Å². The largest absolute Gasteiger partial charge is 0.472 e. The molecule has 0 aliphatic heterocycles. The number of carbonyl (C=O) groups is 1. The highest BCUT2D eigenvalue weighted by Gasteiger charge is 2.27. The molecule has 0 rings (SSSR count). The molecule has 0 fully saturated rings. The third-order valence-corrected chi connectivity index (χ3v) is 13.1. The Labute approximate surface area is 391 Å². The summed E-state index contributed by atoms with van der Waals surface area (Å²) in [4.78, 5) is 23.2. The minimum atomic E-state index is -4.35. The third kappa shape index (κ3) is 48.5. The average Bonchev–Trinajstić information content (AvgIpc) is 3.24. The number of allylic oxidation sites excluding steroid dienone is 5. The van der Waals surface area contributed by atoms with Crippen LogP contribution >= 0.6 is 7.82 Å². The van der Waals surface area contributed by atoms with Gasteiger partial charge < -0.3 is 19.8 Å². The predicted octanol–water partition coefficient (Wildman–Crippen LogP) is 15.8. The lowest BCUT2D eigenvalue weighted by Crippen LogP contribution is -2.45. The van der Waals surface area contributed by atoms with Gasteiger partial charge in [-0.05, 0) is 57.8 Å². The summed E-state index contributed by atoms with van der Waals surface area (Å²) in [6.45, 7) is 4.81. The van der Waals surface area contributed by atoms with Crippen molar-refractivity contribution in [2.45, 2.75) is 264 Å². The highest BCUT2D eigenvalue weighted by molar-refractivity contribution is 7.47. The number of carbonyl (C=O) groups excluding carboxylic acids is 1. The van der Waals surface area contributed by atoms with Crippen molar-refractivity contribution in [3.63, 3.8) is 0 Å². The van der Waals surface area contributed by atoms with Gasteiger partial charge in [-0.3, -0.25) is 13.8 Å². The normalized spacial score (nSPS) is 14.3. The molecule has 63 heavy (non-hydrogen) atoms. The number of unbranched alkanes of at least 4 members (excludes halogenated alkanes) is 32. The number of nitrogens with zero attached hydrogens (tertiary/aromatic N) is 1. The Hall–Kier alpha value is -1.28. The van der Waals surface area contributed by atoms with Gasteiger partial charge in [-0.1, -0.05) is 224 Å². The van der Waals surface area contributed by atoms with Crippen LogP contribution in [0.15, 0.2) is 36.5 Å². The van der Waals surface area contributed by atoms with Gasteiger partial charge in [-0.2, -0.15) is 0 Å². The first-order valence-electron chi connectivity index (χ1n) is 26.9. The second-order valence-electron chi connectivity index (χ2n) is 19.6. The van der Waals surface area contributed by atoms with Crippen LogP contribution in [0.25, 0.3) is 0 Å². The van der Waals surface area contributed by atoms with Gasteiger partial charge in [0.2, 0.25) is 5.91 Å². The van der Waals surface area contributed by atoms with Gasteiger partial charge >= 0.3 is 7.82 Å².